The van der Waals surface area contributed by atoms with Crippen LogP contribution in [0.25, 0.3) is 0 Å². The second-order valence-electron chi connectivity index (χ2n) is 24.2. The predicted molar refractivity (Wildman–Crippen MR) is 333 cm³/mol. The van der Waals surface area contributed by atoms with E-state index in [1.807, 2.05) is 0 Å². The van der Waals surface area contributed by atoms with Crippen LogP contribution < -0.4 is 5.32 Å². The van der Waals surface area contributed by atoms with Crippen molar-refractivity contribution in [3.63, 3.8) is 0 Å². The molecule has 76 heavy (non-hydrogen) atoms. The number of hydrogen-bond donors (Lipinski definition) is 3. The average Bonchev–Trinajstić information content (AvgIpc) is 3.42. The van der Waals surface area contributed by atoms with Crippen molar-refractivity contribution in [2.24, 2.45) is 0 Å². The third-order valence-electron chi connectivity index (χ3n) is 16.6. The van der Waals surface area contributed by atoms with Crippen molar-refractivity contribution in [3.05, 3.63) is 12.2 Å². The Morgan fingerprint density at radius 1 is 0.355 bits per heavy atom. The third kappa shape index (κ3) is 61.8. The molecule has 3 N–H and O–H groups in total. The Bertz CT molecular complexity index is 1140. The summed E-state index contributed by atoms with van der Waals surface area (Å²) in [7, 11) is 0. The van der Waals surface area contributed by atoms with Crippen LogP contribution in [0.4, 0.5) is 0 Å². The number of ether oxygens (including phenoxy) is 1. The van der Waals surface area contributed by atoms with Crippen LogP contribution in [0.2, 0.25) is 0 Å². The fourth-order valence-corrected chi connectivity index (χ4v) is 11.2. The van der Waals surface area contributed by atoms with Gasteiger partial charge in [-0.1, -0.05) is 353 Å². The van der Waals surface area contributed by atoms with E-state index in [0.717, 1.165) is 44.9 Å². The van der Waals surface area contributed by atoms with E-state index >= 15 is 0 Å². The molecule has 0 aliphatic carbocycles. The smallest absolute Gasteiger partial charge is 0.305 e. The molecule has 0 bridgehead atoms. The third-order valence-corrected chi connectivity index (χ3v) is 16.6. The molecular formula is C70H137NO5. The Morgan fingerprint density at radius 3 is 0.974 bits per heavy atom. The Balaban J connectivity index is 3.38. The van der Waals surface area contributed by atoms with Gasteiger partial charge in [0.15, 0.2) is 0 Å². The van der Waals surface area contributed by atoms with Gasteiger partial charge < -0.3 is 20.3 Å². The highest BCUT2D eigenvalue weighted by atomic mass is 16.5. The first-order valence-electron chi connectivity index (χ1n) is 34.9. The number of aliphatic hydroxyl groups excluding tert-OH is 2. The van der Waals surface area contributed by atoms with Gasteiger partial charge in [0.25, 0.3) is 0 Å². The molecule has 0 aromatic heterocycles. The molecule has 0 aliphatic rings. The molecule has 2 atom stereocenters. The lowest BCUT2D eigenvalue weighted by molar-refractivity contribution is -0.143. The largest absolute Gasteiger partial charge is 0.466 e. The number of rotatable bonds is 66. The summed E-state index contributed by atoms with van der Waals surface area (Å²) in [4.78, 5) is 24.6. The Morgan fingerprint density at radius 2 is 0.632 bits per heavy atom. The van der Waals surface area contributed by atoms with Gasteiger partial charge in [0.05, 0.1) is 25.4 Å². The Labute approximate surface area is 476 Å². The van der Waals surface area contributed by atoms with Crippen LogP contribution in [0.1, 0.15) is 399 Å². The molecule has 0 heterocycles. The van der Waals surface area contributed by atoms with Crippen molar-refractivity contribution in [2.75, 3.05) is 13.2 Å². The standard InChI is InChI=1S/C70H137NO5/c1-3-5-7-9-11-13-15-16-17-18-19-20-21-22-24-27-30-33-36-39-43-46-50-54-58-62-68(73)67(66-72)71-69(74)63-59-55-51-47-44-40-37-34-31-28-25-23-26-29-32-35-38-41-45-49-53-57-61-65-76-70(75)64-60-56-52-48-42-14-12-10-8-6-4-2/h10,12,67-68,72-73H,3-9,11,13-66H2,1-2H3,(H,71,74)/b12-10-. The van der Waals surface area contributed by atoms with Crippen molar-refractivity contribution in [2.45, 2.75) is 411 Å². The van der Waals surface area contributed by atoms with Crippen molar-refractivity contribution in [1.29, 1.82) is 0 Å². The molecule has 0 aromatic rings. The first-order chi connectivity index (χ1) is 37.5. The number of carbonyl (C=O) groups excluding carboxylic acids is 2. The minimum absolute atomic E-state index is 0.00443. The van der Waals surface area contributed by atoms with Crippen molar-refractivity contribution in [3.8, 4) is 0 Å². The predicted octanol–water partition coefficient (Wildman–Crippen LogP) is 22.4. The zero-order valence-electron chi connectivity index (χ0n) is 51.8. The summed E-state index contributed by atoms with van der Waals surface area (Å²) in [6.07, 6.45) is 81.1. The number of hydrogen-bond acceptors (Lipinski definition) is 5. The van der Waals surface area contributed by atoms with E-state index in [-0.39, 0.29) is 18.5 Å². The van der Waals surface area contributed by atoms with Crippen molar-refractivity contribution >= 4 is 11.9 Å². The van der Waals surface area contributed by atoms with Crippen LogP contribution in [0.5, 0.6) is 0 Å². The molecule has 0 spiro atoms. The molecule has 1 amide bonds. The molecular weight excluding hydrogens is 935 g/mol. The van der Waals surface area contributed by atoms with E-state index < -0.39 is 12.1 Å². The maximum atomic E-state index is 12.6. The van der Waals surface area contributed by atoms with Gasteiger partial charge in [0.1, 0.15) is 0 Å². The summed E-state index contributed by atoms with van der Waals surface area (Å²) >= 11 is 0. The average molecular weight is 1070 g/mol. The number of aliphatic hydroxyl groups is 2. The molecule has 452 valence electrons. The molecule has 0 aromatic carbocycles. The molecule has 6 heteroatoms. The first-order valence-corrected chi connectivity index (χ1v) is 34.9. The topological polar surface area (TPSA) is 95.9 Å². The fourth-order valence-electron chi connectivity index (χ4n) is 11.2. The van der Waals surface area contributed by atoms with E-state index in [1.165, 1.54) is 321 Å². The minimum atomic E-state index is -0.665. The highest BCUT2D eigenvalue weighted by molar-refractivity contribution is 5.76. The Kier molecular flexibility index (Phi) is 64.9. The lowest BCUT2D eigenvalue weighted by atomic mass is 10.0. The van der Waals surface area contributed by atoms with Crippen molar-refractivity contribution in [1.82, 2.24) is 5.32 Å². The quantitative estimate of drug-likeness (QED) is 0.0320. The van der Waals surface area contributed by atoms with Gasteiger partial charge in [0, 0.05) is 12.8 Å². The van der Waals surface area contributed by atoms with Gasteiger partial charge in [-0.15, -0.1) is 0 Å². The zero-order chi connectivity index (χ0) is 55.0. The SMILES string of the molecule is CCCC/C=C\CCCCCCCC(=O)OCCCCCCCCCCCCCCCCCCCCCCCCCC(=O)NC(CO)C(O)CCCCCCCCCCCCCCCCCCCCCCCCCCC. The number of allylic oxidation sites excluding steroid dienone is 2. The van der Waals surface area contributed by atoms with Gasteiger partial charge in [0.2, 0.25) is 5.91 Å². The molecule has 0 rings (SSSR count). The summed E-state index contributed by atoms with van der Waals surface area (Å²) < 4.78 is 5.47. The molecule has 2 unspecified atom stereocenters. The lowest BCUT2D eigenvalue weighted by Gasteiger charge is -2.22. The van der Waals surface area contributed by atoms with Crippen LogP contribution in [-0.4, -0.2) is 47.4 Å². The zero-order valence-corrected chi connectivity index (χ0v) is 51.8. The molecule has 0 aliphatic heterocycles. The second-order valence-corrected chi connectivity index (χ2v) is 24.2. The summed E-state index contributed by atoms with van der Waals surface area (Å²) in [6.45, 7) is 4.95. The van der Waals surface area contributed by atoms with Crippen LogP contribution in [0.3, 0.4) is 0 Å². The second kappa shape index (κ2) is 66.1. The maximum absolute atomic E-state index is 12.6. The van der Waals surface area contributed by atoms with Gasteiger partial charge in [-0.2, -0.15) is 0 Å². The van der Waals surface area contributed by atoms with E-state index in [4.69, 9.17) is 4.74 Å². The van der Waals surface area contributed by atoms with Crippen LogP contribution >= 0.6 is 0 Å². The number of carbonyl (C=O) groups is 2. The maximum Gasteiger partial charge on any atom is 0.305 e. The highest BCUT2D eigenvalue weighted by Gasteiger charge is 2.20. The van der Waals surface area contributed by atoms with Crippen LogP contribution in [0, 0.1) is 0 Å². The van der Waals surface area contributed by atoms with Crippen LogP contribution in [0.15, 0.2) is 12.2 Å². The monoisotopic (exact) mass is 1070 g/mol. The molecule has 0 saturated carbocycles. The molecule has 0 saturated heterocycles. The van der Waals surface area contributed by atoms with Crippen LogP contribution in [-0.2, 0) is 14.3 Å². The van der Waals surface area contributed by atoms with Crippen molar-refractivity contribution < 1.29 is 24.5 Å². The lowest BCUT2D eigenvalue weighted by Crippen LogP contribution is -2.45. The van der Waals surface area contributed by atoms with Gasteiger partial charge in [-0.25, -0.2) is 0 Å². The highest BCUT2D eigenvalue weighted by Crippen LogP contribution is 2.19. The minimum Gasteiger partial charge on any atom is -0.466 e. The van der Waals surface area contributed by atoms with E-state index in [9.17, 15) is 19.8 Å². The summed E-state index contributed by atoms with van der Waals surface area (Å²) in [5, 5.41) is 23.4. The Hall–Kier alpha value is -1.40. The van der Waals surface area contributed by atoms with Gasteiger partial charge in [-0.05, 0) is 44.9 Å². The first kappa shape index (κ1) is 74.6. The number of unbranched alkanes of at least 4 members (excludes halogenated alkanes) is 53. The summed E-state index contributed by atoms with van der Waals surface area (Å²) in [5.74, 6) is -0.0248. The molecule has 0 fully saturated rings. The normalized spacial score (nSPS) is 12.5. The molecule has 0 radical (unpaired) electrons. The van der Waals surface area contributed by atoms with Gasteiger partial charge in [-0.3, -0.25) is 9.59 Å². The fraction of sp³-hybridized carbons (Fsp3) is 0.943. The summed E-state index contributed by atoms with van der Waals surface area (Å²) in [5.41, 5.74) is 0. The number of amides is 1. The number of nitrogens with one attached hydrogen (secondary N) is 1. The van der Waals surface area contributed by atoms with Gasteiger partial charge >= 0.3 is 5.97 Å². The van der Waals surface area contributed by atoms with E-state index in [1.54, 1.807) is 0 Å². The number of esters is 1. The molecule has 6 nitrogen and oxygen atoms in total. The van der Waals surface area contributed by atoms with E-state index in [0.29, 0.717) is 25.9 Å². The van der Waals surface area contributed by atoms with E-state index in [2.05, 4.69) is 31.3 Å². The summed E-state index contributed by atoms with van der Waals surface area (Å²) in [6, 6.07) is -0.542.